The molecule has 0 radical (unpaired) electrons. The molecule has 0 amide bonds. The Labute approximate surface area is 137 Å². The Hall–Kier alpha value is -0.710. The molecule has 0 bridgehead atoms. The van der Waals surface area contributed by atoms with Crippen molar-refractivity contribution in [1.29, 1.82) is 0 Å². The second-order valence-corrected chi connectivity index (χ2v) is 7.45. The summed E-state index contributed by atoms with van der Waals surface area (Å²) in [6.07, 6.45) is 0. The van der Waals surface area contributed by atoms with Crippen molar-refractivity contribution in [3.8, 4) is 5.75 Å². The first kappa shape index (κ1) is 15.7. The lowest BCUT2D eigenvalue weighted by molar-refractivity contribution is 0.413. The smallest absolute Gasteiger partial charge is 0.156 e. The van der Waals surface area contributed by atoms with Gasteiger partial charge in [0.2, 0.25) is 0 Å². The molecule has 1 aromatic heterocycles. The Morgan fingerprint density at radius 3 is 2.55 bits per heavy atom. The zero-order valence-electron chi connectivity index (χ0n) is 11.9. The van der Waals surface area contributed by atoms with E-state index in [1.165, 1.54) is 15.3 Å². The molecule has 20 heavy (non-hydrogen) atoms. The van der Waals surface area contributed by atoms with Gasteiger partial charge in [0.1, 0.15) is 0 Å². The van der Waals surface area contributed by atoms with Crippen LogP contribution in [-0.4, -0.2) is 7.11 Å². The molecule has 0 spiro atoms. The minimum atomic E-state index is 0.194. The molecule has 2 nitrogen and oxygen atoms in total. The molecule has 0 aliphatic carbocycles. The van der Waals surface area contributed by atoms with Gasteiger partial charge in [-0.15, -0.1) is 11.3 Å². The number of methoxy groups -OCH3 is 1. The second-order valence-electron chi connectivity index (χ2n) is 4.70. The third-order valence-corrected chi connectivity index (χ3v) is 4.92. The van der Waals surface area contributed by atoms with E-state index in [1.54, 1.807) is 7.11 Å². The van der Waals surface area contributed by atoms with Crippen LogP contribution in [-0.2, 0) is 0 Å². The highest BCUT2D eigenvalue weighted by Crippen LogP contribution is 2.38. The zero-order chi connectivity index (χ0) is 14.9. The monoisotopic (exact) mass is 373 g/mol. The number of nitrogens with one attached hydrogen (secondary N) is 1. The van der Waals surface area contributed by atoms with E-state index in [-0.39, 0.29) is 6.04 Å². The summed E-state index contributed by atoms with van der Waals surface area (Å²) in [5.41, 5.74) is 2.20. The molecular formula is C15H17BrClNOS. The van der Waals surface area contributed by atoms with Gasteiger partial charge in [-0.2, -0.15) is 0 Å². The molecule has 5 heteroatoms. The number of hydrogen-bond acceptors (Lipinski definition) is 3. The molecule has 1 N–H and O–H groups in total. The number of halogens is 2. The summed E-state index contributed by atoms with van der Waals surface area (Å²) >= 11 is 11.4. The Morgan fingerprint density at radius 1 is 1.30 bits per heavy atom. The van der Waals surface area contributed by atoms with Crippen molar-refractivity contribution in [2.45, 2.75) is 26.8 Å². The molecule has 0 saturated heterocycles. The van der Waals surface area contributed by atoms with Gasteiger partial charge >= 0.3 is 0 Å². The topological polar surface area (TPSA) is 21.3 Å². The summed E-state index contributed by atoms with van der Waals surface area (Å²) in [5, 5.41) is 4.15. The first-order valence-electron chi connectivity index (χ1n) is 6.29. The van der Waals surface area contributed by atoms with Gasteiger partial charge in [-0.05, 0) is 60.5 Å². The van der Waals surface area contributed by atoms with E-state index in [1.807, 2.05) is 23.5 Å². The van der Waals surface area contributed by atoms with Crippen molar-refractivity contribution in [2.24, 2.45) is 0 Å². The number of ether oxygens (including phenoxy) is 1. The molecule has 1 unspecified atom stereocenters. The Balaban J connectivity index is 2.32. The second kappa shape index (κ2) is 6.37. The number of anilines is 1. The van der Waals surface area contributed by atoms with Gasteiger partial charge in [0, 0.05) is 20.8 Å². The lowest BCUT2D eigenvalue weighted by Crippen LogP contribution is -2.08. The van der Waals surface area contributed by atoms with Crippen LogP contribution >= 0.6 is 38.9 Å². The van der Waals surface area contributed by atoms with Crippen molar-refractivity contribution in [1.82, 2.24) is 0 Å². The van der Waals surface area contributed by atoms with Gasteiger partial charge in [0.05, 0.1) is 17.3 Å². The molecule has 0 aliphatic heterocycles. The van der Waals surface area contributed by atoms with E-state index in [4.69, 9.17) is 16.3 Å². The number of aryl methyl sites for hydroxylation is 2. The Kier molecular flexibility index (Phi) is 4.99. The van der Waals surface area contributed by atoms with Crippen molar-refractivity contribution >= 4 is 44.6 Å². The number of benzene rings is 1. The van der Waals surface area contributed by atoms with E-state index in [0.717, 1.165) is 15.9 Å². The van der Waals surface area contributed by atoms with Crippen LogP contribution in [0.4, 0.5) is 5.69 Å². The standard InChI is InChI=1S/C15H17BrClNOS/c1-8-5-12(10(3)20-8)9(2)18-14-7-11(17)6-13(16)15(14)19-4/h5-7,9,18H,1-4H3. The van der Waals surface area contributed by atoms with Gasteiger partial charge in [-0.25, -0.2) is 0 Å². The van der Waals surface area contributed by atoms with Crippen LogP contribution in [0.1, 0.15) is 28.3 Å². The third-order valence-electron chi connectivity index (χ3n) is 3.13. The first-order valence-corrected chi connectivity index (χ1v) is 8.27. The SMILES string of the molecule is COc1c(Br)cc(Cl)cc1NC(C)c1cc(C)sc1C. The van der Waals surface area contributed by atoms with Gasteiger partial charge in [0.25, 0.3) is 0 Å². The lowest BCUT2D eigenvalue weighted by Gasteiger charge is -2.19. The highest BCUT2D eigenvalue weighted by atomic mass is 79.9. The van der Waals surface area contributed by atoms with Gasteiger partial charge in [-0.3, -0.25) is 0 Å². The van der Waals surface area contributed by atoms with Crippen molar-refractivity contribution in [2.75, 3.05) is 12.4 Å². The molecule has 1 heterocycles. The molecule has 0 saturated carbocycles. The number of rotatable bonds is 4. The lowest BCUT2D eigenvalue weighted by atomic mass is 10.1. The summed E-state index contributed by atoms with van der Waals surface area (Å²) in [7, 11) is 1.66. The summed E-state index contributed by atoms with van der Waals surface area (Å²) in [6, 6.07) is 6.13. The van der Waals surface area contributed by atoms with Crippen molar-refractivity contribution < 1.29 is 4.74 Å². The molecular weight excluding hydrogens is 358 g/mol. The Bertz CT molecular complexity index is 627. The summed E-state index contributed by atoms with van der Waals surface area (Å²) in [4.78, 5) is 2.66. The fraction of sp³-hybridized carbons (Fsp3) is 0.333. The molecule has 2 rings (SSSR count). The minimum absolute atomic E-state index is 0.194. The quantitative estimate of drug-likeness (QED) is 0.712. The fourth-order valence-electron chi connectivity index (χ4n) is 2.27. The third kappa shape index (κ3) is 3.30. The summed E-state index contributed by atoms with van der Waals surface area (Å²) in [6.45, 7) is 6.42. The fourth-order valence-corrected chi connectivity index (χ4v) is 4.26. The molecule has 1 atom stereocenters. The molecule has 108 valence electrons. The van der Waals surface area contributed by atoms with E-state index >= 15 is 0 Å². The van der Waals surface area contributed by atoms with Gasteiger partial charge < -0.3 is 10.1 Å². The minimum Gasteiger partial charge on any atom is -0.493 e. The maximum Gasteiger partial charge on any atom is 0.156 e. The van der Waals surface area contributed by atoms with E-state index < -0.39 is 0 Å². The van der Waals surface area contributed by atoms with Crippen molar-refractivity contribution in [3.05, 3.63) is 43.0 Å². The first-order chi connectivity index (χ1) is 9.42. The van der Waals surface area contributed by atoms with Crippen LogP contribution in [0, 0.1) is 13.8 Å². The predicted molar refractivity (Wildman–Crippen MR) is 91.5 cm³/mol. The zero-order valence-corrected chi connectivity index (χ0v) is 15.0. The number of thiophene rings is 1. The average molecular weight is 375 g/mol. The Morgan fingerprint density at radius 2 is 2.00 bits per heavy atom. The van der Waals surface area contributed by atoms with Crippen LogP contribution in [0.2, 0.25) is 5.02 Å². The van der Waals surface area contributed by atoms with Gasteiger partial charge in [0.15, 0.2) is 5.75 Å². The number of hydrogen-bond donors (Lipinski definition) is 1. The molecule has 1 aromatic carbocycles. The molecule has 0 aliphatic rings. The largest absolute Gasteiger partial charge is 0.493 e. The van der Waals surface area contributed by atoms with Crippen LogP contribution in [0.5, 0.6) is 5.75 Å². The predicted octanol–water partition coefficient (Wildman–Crippen LogP) is 5.96. The average Bonchev–Trinajstić information content (AvgIpc) is 2.68. The highest BCUT2D eigenvalue weighted by Gasteiger charge is 2.15. The van der Waals surface area contributed by atoms with Gasteiger partial charge in [-0.1, -0.05) is 11.6 Å². The van der Waals surface area contributed by atoms with Crippen LogP contribution in [0.25, 0.3) is 0 Å². The van der Waals surface area contributed by atoms with Crippen LogP contribution in [0.15, 0.2) is 22.7 Å². The van der Waals surface area contributed by atoms with Crippen LogP contribution < -0.4 is 10.1 Å². The summed E-state index contributed by atoms with van der Waals surface area (Å²) in [5.74, 6) is 0.769. The highest BCUT2D eigenvalue weighted by molar-refractivity contribution is 9.10. The van der Waals surface area contributed by atoms with E-state index in [2.05, 4.69) is 48.1 Å². The molecule has 0 fully saturated rings. The maximum absolute atomic E-state index is 6.12. The van der Waals surface area contributed by atoms with E-state index in [0.29, 0.717) is 5.02 Å². The maximum atomic E-state index is 6.12. The molecule has 2 aromatic rings. The summed E-state index contributed by atoms with van der Waals surface area (Å²) < 4.78 is 6.29. The van der Waals surface area contributed by atoms with Crippen molar-refractivity contribution in [3.63, 3.8) is 0 Å². The van der Waals surface area contributed by atoms with Crippen LogP contribution in [0.3, 0.4) is 0 Å². The van der Waals surface area contributed by atoms with E-state index in [9.17, 15) is 0 Å². The normalized spacial score (nSPS) is 12.3.